The number of aromatic amines is 1. The number of hydrogen-bond donors (Lipinski definition) is 1. The van der Waals surface area contributed by atoms with Gasteiger partial charge in [-0.15, -0.1) is 0 Å². The fourth-order valence-electron chi connectivity index (χ4n) is 1.63. The van der Waals surface area contributed by atoms with Crippen molar-refractivity contribution in [2.24, 2.45) is 0 Å². The molecule has 2 aromatic rings. The minimum absolute atomic E-state index is 0.107. The van der Waals surface area contributed by atoms with Crippen LogP contribution in [0.15, 0.2) is 34.8 Å². The van der Waals surface area contributed by atoms with Gasteiger partial charge in [0.15, 0.2) is 0 Å². The molecular weight excluding hydrogens is 270 g/mol. The van der Waals surface area contributed by atoms with Crippen LogP contribution in [0.25, 0.3) is 11.1 Å². The van der Waals surface area contributed by atoms with E-state index in [9.17, 15) is 9.90 Å². The van der Waals surface area contributed by atoms with E-state index in [2.05, 4.69) is 20.9 Å². The second-order valence-electron chi connectivity index (χ2n) is 3.47. The number of carboxylic acid groups (broad SMARTS) is 1. The number of carboxylic acids is 1. The average molecular weight is 279 g/mol. The highest BCUT2D eigenvalue weighted by Gasteiger charge is 2.15. The second kappa shape index (κ2) is 4.14. The smallest absolute Gasteiger partial charge is 0.0884 e. The maximum absolute atomic E-state index is 11.0. The summed E-state index contributed by atoms with van der Waals surface area (Å²) in [5.41, 5.74) is 2.37. The minimum Gasteiger partial charge on any atom is -0.543 e. The molecule has 1 aromatic heterocycles. The maximum atomic E-state index is 11.0. The summed E-state index contributed by atoms with van der Waals surface area (Å²) < 4.78 is 0.762. The van der Waals surface area contributed by atoms with Crippen LogP contribution in [-0.2, 0) is 0 Å². The van der Waals surface area contributed by atoms with Gasteiger partial charge in [0.2, 0.25) is 0 Å². The first-order valence-electron chi connectivity index (χ1n) is 4.76. The number of nitrogens with one attached hydrogen (secondary N) is 1. The molecule has 0 aliphatic rings. The van der Waals surface area contributed by atoms with Gasteiger partial charge in [-0.3, -0.25) is 0 Å². The third-order valence-corrected chi connectivity index (χ3v) is 3.37. The van der Waals surface area contributed by atoms with Gasteiger partial charge < -0.3 is 14.9 Å². The summed E-state index contributed by atoms with van der Waals surface area (Å²) in [6.45, 7) is 1.81. The zero-order valence-corrected chi connectivity index (χ0v) is 10.2. The normalized spacial score (nSPS) is 10.4. The lowest BCUT2D eigenvalue weighted by Gasteiger charge is -2.05. The highest BCUT2D eigenvalue weighted by molar-refractivity contribution is 9.10. The van der Waals surface area contributed by atoms with E-state index in [-0.39, 0.29) is 5.69 Å². The Kier molecular flexibility index (Phi) is 2.83. The molecule has 3 nitrogen and oxygen atoms in total. The predicted molar refractivity (Wildman–Crippen MR) is 63.0 cm³/mol. The van der Waals surface area contributed by atoms with Crippen LogP contribution in [0.2, 0.25) is 0 Å². The van der Waals surface area contributed by atoms with Crippen LogP contribution in [0.4, 0.5) is 0 Å². The summed E-state index contributed by atoms with van der Waals surface area (Å²) in [5.74, 6) is -1.20. The molecule has 82 valence electrons. The molecule has 0 aliphatic heterocycles. The first-order valence-corrected chi connectivity index (χ1v) is 5.55. The number of halogens is 1. The largest absolute Gasteiger partial charge is 0.543 e. The van der Waals surface area contributed by atoms with Crippen molar-refractivity contribution in [1.82, 2.24) is 4.98 Å². The molecule has 0 spiro atoms. The molecule has 1 N–H and O–H groups in total. The van der Waals surface area contributed by atoms with Crippen molar-refractivity contribution >= 4 is 21.9 Å². The van der Waals surface area contributed by atoms with Gasteiger partial charge in [-0.2, -0.15) is 0 Å². The molecule has 0 unspecified atom stereocenters. The lowest BCUT2D eigenvalue weighted by Crippen LogP contribution is -2.23. The summed E-state index contributed by atoms with van der Waals surface area (Å²) in [4.78, 5) is 13.8. The summed E-state index contributed by atoms with van der Waals surface area (Å²) in [6, 6.07) is 9.33. The Morgan fingerprint density at radius 3 is 2.50 bits per heavy atom. The van der Waals surface area contributed by atoms with Crippen LogP contribution < -0.4 is 5.11 Å². The van der Waals surface area contributed by atoms with E-state index >= 15 is 0 Å². The number of carbonyl (C=O) groups excluding carboxylic acids is 1. The zero-order valence-electron chi connectivity index (χ0n) is 8.58. The highest BCUT2D eigenvalue weighted by atomic mass is 79.9. The number of aryl methyl sites for hydroxylation is 1. The summed E-state index contributed by atoms with van der Waals surface area (Å²) in [5, 5.41) is 11.0. The van der Waals surface area contributed by atoms with Crippen molar-refractivity contribution in [1.29, 1.82) is 0 Å². The number of aromatic carboxylic acids is 1. The first-order chi connectivity index (χ1) is 7.61. The van der Waals surface area contributed by atoms with Crippen LogP contribution in [0.3, 0.4) is 0 Å². The van der Waals surface area contributed by atoms with Crippen LogP contribution in [0.5, 0.6) is 0 Å². The molecule has 1 aromatic carbocycles. The van der Waals surface area contributed by atoms with E-state index < -0.39 is 5.97 Å². The van der Waals surface area contributed by atoms with Gasteiger partial charge in [0.05, 0.1) is 11.7 Å². The Morgan fingerprint density at radius 2 is 1.94 bits per heavy atom. The Bertz CT molecular complexity index is 531. The van der Waals surface area contributed by atoms with Crippen molar-refractivity contribution in [3.63, 3.8) is 0 Å². The SMILES string of the molecule is Cc1[nH]c(C(=O)[O-])c(-c2ccccc2)c1Br. The molecule has 0 atom stereocenters. The van der Waals surface area contributed by atoms with E-state index in [0.717, 1.165) is 15.7 Å². The third kappa shape index (κ3) is 1.76. The van der Waals surface area contributed by atoms with Crippen LogP contribution >= 0.6 is 15.9 Å². The van der Waals surface area contributed by atoms with Gasteiger partial charge in [-0.1, -0.05) is 30.3 Å². The Hall–Kier alpha value is -1.55. The highest BCUT2D eigenvalue weighted by Crippen LogP contribution is 2.33. The van der Waals surface area contributed by atoms with E-state index in [1.807, 2.05) is 37.3 Å². The molecule has 0 saturated heterocycles. The number of rotatable bonds is 2. The number of benzene rings is 1. The molecule has 4 heteroatoms. The number of carbonyl (C=O) groups is 1. The lowest BCUT2D eigenvalue weighted by atomic mass is 10.1. The van der Waals surface area contributed by atoms with E-state index in [1.165, 1.54) is 0 Å². The number of H-pyrrole nitrogens is 1. The molecule has 0 radical (unpaired) electrons. The number of aromatic nitrogens is 1. The van der Waals surface area contributed by atoms with Gasteiger partial charge >= 0.3 is 0 Å². The Morgan fingerprint density at radius 1 is 1.31 bits per heavy atom. The average Bonchev–Trinajstić information content (AvgIpc) is 2.57. The topological polar surface area (TPSA) is 55.9 Å². The molecule has 2 rings (SSSR count). The Labute approximate surface area is 101 Å². The van der Waals surface area contributed by atoms with E-state index in [1.54, 1.807) is 0 Å². The van der Waals surface area contributed by atoms with Crippen molar-refractivity contribution in [3.05, 3.63) is 46.2 Å². The number of hydrogen-bond acceptors (Lipinski definition) is 2. The minimum atomic E-state index is -1.20. The summed E-state index contributed by atoms with van der Waals surface area (Å²) in [7, 11) is 0. The first kappa shape index (κ1) is 11.0. The third-order valence-electron chi connectivity index (χ3n) is 2.38. The second-order valence-corrected chi connectivity index (χ2v) is 4.26. The molecule has 0 bridgehead atoms. The van der Waals surface area contributed by atoms with Gasteiger partial charge in [-0.25, -0.2) is 0 Å². The van der Waals surface area contributed by atoms with Crippen molar-refractivity contribution in [3.8, 4) is 11.1 Å². The van der Waals surface area contributed by atoms with Crippen molar-refractivity contribution in [2.75, 3.05) is 0 Å². The van der Waals surface area contributed by atoms with Crippen LogP contribution in [0.1, 0.15) is 16.2 Å². The molecule has 16 heavy (non-hydrogen) atoms. The molecule has 0 fully saturated rings. The summed E-state index contributed by atoms with van der Waals surface area (Å²) >= 11 is 3.38. The van der Waals surface area contributed by atoms with Gasteiger partial charge in [0.1, 0.15) is 0 Å². The van der Waals surface area contributed by atoms with Gasteiger partial charge in [0.25, 0.3) is 0 Å². The predicted octanol–water partition coefficient (Wildman–Crippen LogP) is 2.12. The fourth-order valence-corrected chi connectivity index (χ4v) is 2.16. The zero-order chi connectivity index (χ0) is 11.7. The quantitative estimate of drug-likeness (QED) is 0.915. The molecule has 1 heterocycles. The van der Waals surface area contributed by atoms with Gasteiger partial charge in [0, 0.05) is 15.7 Å². The van der Waals surface area contributed by atoms with Crippen LogP contribution in [0, 0.1) is 6.92 Å². The maximum Gasteiger partial charge on any atom is 0.0884 e. The monoisotopic (exact) mass is 278 g/mol. The van der Waals surface area contributed by atoms with Crippen molar-refractivity contribution < 1.29 is 9.90 Å². The standard InChI is InChI=1S/C12H10BrNO2/c1-7-10(13)9(11(14-7)12(15)16)8-5-3-2-4-6-8/h2-6,14H,1H3,(H,15,16)/p-1. The fraction of sp³-hybridized carbons (Fsp3) is 0.0833. The van der Waals surface area contributed by atoms with Gasteiger partial charge in [-0.05, 0) is 28.4 Å². The lowest BCUT2D eigenvalue weighted by molar-refractivity contribution is -0.255. The van der Waals surface area contributed by atoms with E-state index in [4.69, 9.17) is 0 Å². The molecular formula is C12H9BrNO2-. The van der Waals surface area contributed by atoms with Crippen molar-refractivity contribution in [2.45, 2.75) is 6.92 Å². The van der Waals surface area contributed by atoms with Crippen LogP contribution in [-0.4, -0.2) is 11.0 Å². The summed E-state index contributed by atoms with van der Waals surface area (Å²) in [6.07, 6.45) is 0. The van der Waals surface area contributed by atoms with E-state index in [0.29, 0.717) is 5.56 Å². The molecule has 0 aliphatic carbocycles. The molecule has 0 amide bonds. The Balaban J connectivity index is 2.68. The molecule has 0 saturated carbocycles.